The van der Waals surface area contributed by atoms with E-state index >= 15 is 0 Å². The molecule has 0 saturated carbocycles. The molecular formula is C14H15BrN2O. The highest BCUT2D eigenvalue weighted by atomic mass is 79.9. The van der Waals surface area contributed by atoms with Crippen molar-refractivity contribution in [3.63, 3.8) is 0 Å². The van der Waals surface area contributed by atoms with Crippen LogP contribution in [0, 0.1) is 6.92 Å². The van der Waals surface area contributed by atoms with E-state index in [0.29, 0.717) is 4.73 Å². The van der Waals surface area contributed by atoms with E-state index in [-0.39, 0.29) is 6.10 Å². The minimum atomic E-state index is 0.186. The van der Waals surface area contributed by atoms with E-state index < -0.39 is 0 Å². The zero-order chi connectivity index (χ0) is 13.1. The molecule has 0 aliphatic carbocycles. The number of hydrogen-bond donors (Lipinski definition) is 0. The van der Waals surface area contributed by atoms with Crippen LogP contribution in [0.5, 0.6) is 5.75 Å². The van der Waals surface area contributed by atoms with Crippen LogP contribution in [-0.4, -0.2) is 16.1 Å². The van der Waals surface area contributed by atoms with Gasteiger partial charge in [0.25, 0.3) is 0 Å². The van der Waals surface area contributed by atoms with Crippen molar-refractivity contribution < 1.29 is 4.74 Å². The summed E-state index contributed by atoms with van der Waals surface area (Å²) in [5.74, 6) is 0.874. The third kappa shape index (κ3) is 3.29. The molecule has 0 fully saturated rings. The Labute approximate surface area is 115 Å². The fraction of sp³-hybridized carbons (Fsp3) is 0.286. The Bertz CT molecular complexity index is 518. The van der Waals surface area contributed by atoms with Gasteiger partial charge in [-0.3, -0.25) is 0 Å². The van der Waals surface area contributed by atoms with Gasteiger partial charge >= 0.3 is 0 Å². The smallest absolute Gasteiger partial charge is 0.197 e. The second kappa shape index (κ2) is 5.48. The Morgan fingerprint density at radius 1 is 1.11 bits per heavy atom. The topological polar surface area (TPSA) is 35.0 Å². The van der Waals surface area contributed by atoms with Crippen molar-refractivity contribution >= 4 is 15.9 Å². The molecule has 0 aliphatic heterocycles. The summed E-state index contributed by atoms with van der Waals surface area (Å²) in [5, 5.41) is 0. The second-order valence-electron chi connectivity index (χ2n) is 4.35. The van der Waals surface area contributed by atoms with Crippen LogP contribution in [0.1, 0.15) is 19.5 Å². The molecule has 94 valence electrons. The zero-order valence-corrected chi connectivity index (χ0v) is 12.2. The average Bonchev–Trinajstić information content (AvgIpc) is 2.27. The van der Waals surface area contributed by atoms with Gasteiger partial charge in [0.15, 0.2) is 4.73 Å². The van der Waals surface area contributed by atoms with Crippen LogP contribution in [0.3, 0.4) is 0 Å². The van der Waals surface area contributed by atoms with Crippen LogP contribution in [0.15, 0.2) is 35.1 Å². The van der Waals surface area contributed by atoms with E-state index in [1.165, 1.54) is 0 Å². The highest BCUT2D eigenvalue weighted by Gasteiger charge is 2.04. The molecule has 1 aromatic heterocycles. The SMILES string of the molecule is Cc1cc(-c2ccc(OC(C)C)cc2)nc(Br)n1. The highest BCUT2D eigenvalue weighted by molar-refractivity contribution is 9.10. The van der Waals surface area contributed by atoms with E-state index in [9.17, 15) is 0 Å². The molecule has 0 saturated heterocycles. The number of nitrogens with zero attached hydrogens (tertiary/aromatic N) is 2. The standard InChI is InChI=1S/C14H15BrN2O/c1-9(2)18-12-6-4-11(5-7-12)13-8-10(3)16-14(15)17-13/h4-9H,1-3H3. The van der Waals surface area contributed by atoms with Gasteiger partial charge in [-0.15, -0.1) is 0 Å². The van der Waals surface area contributed by atoms with Gasteiger partial charge < -0.3 is 4.74 Å². The fourth-order valence-corrected chi connectivity index (χ4v) is 2.13. The van der Waals surface area contributed by atoms with Crippen LogP contribution in [0.4, 0.5) is 0 Å². The molecule has 0 radical (unpaired) electrons. The quantitative estimate of drug-likeness (QED) is 0.804. The number of aromatic nitrogens is 2. The molecule has 0 atom stereocenters. The van der Waals surface area contributed by atoms with Gasteiger partial charge in [-0.25, -0.2) is 9.97 Å². The molecule has 0 spiro atoms. The maximum absolute atomic E-state index is 5.61. The lowest BCUT2D eigenvalue weighted by Crippen LogP contribution is -2.05. The van der Waals surface area contributed by atoms with Crippen molar-refractivity contribution in [2.45, 2.75) is 26.9 Å². The van der Waals surface area contributed by atoms with Gasteiger partial charge in [-0.05, 0) is 67.0 Å². The number of halogens is 1. The molecule has 0 unspecified atom stereocenters. The van der Waals surface area contributed by atoms with Crippen molar-refractivity contribution in [3.05, 3.63) is 40.8 Å². The molecule has 1 aromatic carbocycles. The van der Waals surface area contributed by atoms with Gasteiger partial charge in [0.1, 0.15) is 5.75 Å². The van der Waals surface area contributed by atoms with Crippen molar-refractivity contribution in [1.29, 1.82) is 0 Å². The van der Waals surface area contributed by atoms with E-state index in [0.717, 1.165) is 22.7 Å². The van der Waals surface area contributed by atoms with Crippen LogP contribution in [0.2, 0.25) is 0 Å². The van der Waals surface area contributed by atoms with E-state index in [1.807, 2.05) is 51.1 Å². The summed E-state index contributed by atoms with van der Waals surface area (Å²) < 4.78 is 6.22. The number of ether oxygens (including phenoxy) is 1. The van der Waals surface area contributed by atoms with E-state index in [2.05, 4.69) is 25.9 Å². The third-order valence-corrected chi connectivity index (χ3v) is 2.70. The Kier molecular flexibility index (Phi) is 3.97. The van der Waals surface area contributed by atoms with Crippen molar-refractivity contribution in [2.24, 2.45) is 0 Å². The highest BCUT2D eigenvalue weighted by Crippen LogP contribution is 2.22. The maximum atomic E-state index is 5.61. The first-order chi connectivity index (χ1) is 8.54. The number of benzene rings is 1. The lowest BCUT2D eigenvalue weighted by atomic mass is 10.1. The molecule has 1 heterocycles. The molecule has 0 amide bonds. The summed E-state index contributed by atoms with van der Waals surface area (Å²) in [4.78, 5) is 8.56. The largest absolute Gasteiger partial charge is 0.491 e. The fourth-order valence-electron chi connectivity index (χ4n) is 1.66. The number of hydrogen-bond acceptors (Lipinski definition) is 3. The Morgan fingerprint density at radius 3 is 2.33 bits per heavy atom. The summed E-state index contributed by atoms with van der Waals surface area (Å²) in [7, 11) is 0. The zero-order valence-electron chi connectivity index (χ0n) is 10.6. The normalized spacial score (nSPS) is 10.7. The molecule has 0 N–H and O–H groups in total. The predicted molar refractivity (Wildman–Crippen MR) is 75.7 cm³/mol. The maximum Gasteiger partial charge on any atom is 0.197 e. The number of aryl methyl sites for hydroxylation is 1. The second-order valence-corrected chi connectivity index (χ2v) is 5.06. The lowest BCUT2D eigenvalue weighted by molar-refractivity contribution is 0.242. The predicted octanol–water partition coefficient (Wildman–Crippen LogP) is 4.00. The summed E-state index contributed by atoms with van der Waals surface area (Å²) in [6.07, 6.45) is 0.186. The van der Waals surface area contributed by atoms with Crippen molar-refractivity contribution in [2.75, 3.05) is 0 Å². The molecule has 4 heteroatoms. The van der Waals surface area contributed by atoms with Gasteiger partial charge in [0.2, 0.25) is 0 Å². The molecule has 0 aliphatic rings. The molecule has 2 aromatic rings. The van der Waals surface area contributed by atoms with Crippen LogP contribution < -0.4 is 4.74 Å². The van der Waals surface area contributed by atoms with Gasteiger partial charge in [-0.2, -0.15) is 0 Å². The number of rotatable bonds is 3. The molecule has 3 nitrogen and oxygen atoms in total. The van der Waals surface area contributed by atoms with Crippen LogP contribution in [0.25, 0.3) is 11.3 Å². The summed E-state index contributed by atoms with van der Waals surface area (Å²) in [5.41, 5.74) is 2.90. The molecule has 2 rings (SSSR count). The third-order valence-electron chi connectivity index (χ3n) is 2.35. The summed E-state index contributed by atoms with van der Waals surface area (Å²) in [6.45, 7) is 5.98. The van der Waals surface area contributed by atoms with E-state index in [1.54, 1.807) is 0 Å². The first-order valence-electron chi connectivity index (χ1n) is 5.83. The minimum absolute atomic E-state index is 0.186. The van der Waals surface area contributed by atoms with Crippen molar-refractivity contribution in [3.8, 4) is 17.0 Å². The van der Waals surface area contributed by atoms with Crippen LogP contribution >= 0.6 is 15.9 Å². The monoisotopic (exact) mass is 306 g/mol. The van der Waals surface area contributed by atoms with Gasteiger partial charge in [0.05, 0.1) is 11.8 Å². The molecule has 0 bridgehead atoms. The minimum Gasteiger partial charge on any atom is -0.491 e. The molecular weight excluding hydrogens is 292 g/mol. The lowest BCUT2D eigenvalue weighted by Gasteiger charge is -2.10. The Hall–Kier alpha value is -1.42. The Balaban J connectivity index is 2.28. The first kappa shape index (κ1) is 13.0. The summed E-state index contributed by atoms with van der Waals surface area (Å²) in [6, 6.07) is 9.89. The average molecular weight is 307 g/mol. The first-order valence-corrected chi connectivity index (χ1v) is 6.62. The van der Waals surface area contributed by atoms with Gasteiger partial charge in [0, 0.05) is 11.3 Å². The van der Waals surface area contributed by atoms with E-state index in [4.69, 9.17) is 4.74 Å². The van der Waals surface area contributed by atoms with Crippen LogP contribution in [-0.2, 0) is 0 Å². The molecule has 18 heavy (non-hydrogen) atoms. The van der Waals surface area contributed by atoms with Crippen molar-refractivity contribution in [1.82, 2.24) is 9.97 Å². The Morgan fingerprint density at radius 2 is 1.78 bits per heavy atom. The summed E-state index contributed by atoms with van der Waals surface area (Å²) >= 11 is 3.31. The van der Waals surface area contributed by atoms with Gasteiger partial charge in [-0.1, -0.05) is 0 Å².